The first-order valence-electron chi connectivity index (χ1n) is 10.0. The fourth-order valence-electron chi connectivity index (χ4n) is 3.30. The van der Waals surface area contributed by atoms with Crippen LogP contribution in [0.4, 0.5) is 0 Å². The van der Waals surface area contributed by atoms with E-state index in [9.17, 15) is 4.79 Å². The van der Waals surface area contributed by atoms with Crippen LogP contribution in [0.15, 0.2) is 47.3 Å². The van der Waals surface area contributed by atoms with Crippen molar-refractivity contribution in [3.05, 3.63) is 62.9 Å². The van der Waals surface area contributed by atoms with E-state index in [2.05, 4.69) is 11.9 Å². The Morgan fingerprint density at radius 1 is 1.07 bits per heavy atom. The molecule has 0 saturated heterocycles. The van der Waals surface area contributed by atoms with Gasteiger partial charge in [0, 0.05) is 0 Å². The second-order valence-electron chi connectivity index (χ2n) is 6.83. The van der Waals surface area contributed by atoms with Crippen molar-refractivity contribution in [3.63, 3.8) is 0 Å². The average molecular weight is 409 g/mol. The second-order valence-corrected chi connectivity index (χ2v) is 7.84. The van der Waals surface area contributed by atoms with Crippen LogP contribution >= 0.6 is 11.3 Å². The smallest absolute Gasteiger partial charge is 0.274 e. The molecule has 0 fully saturated rings. The van der Waals surface area contributed by atoms with E-state index in [1.165, 1.54) is 11.3 Å². The molecule has 0 aliphatic rings. The Balaban J connectivity index is 1.69. The molecule has 29 heavy (non-hydrogen) atoms. The molecule has 2 heterocycles. The lowest BCUT2D eigenvalue weighted by molar-refractivity contribution is 0.271. The lowest BCUT2D eigenvalue weighted by Gasteiger charge is -2.12. The summed E-state index contributed by atoms with van der Waals surface area (Å²) in [5.74, 6) is 1.45. The molecule has 0 atom stereocenters. The number of unbranched alkanes of at least 4 members (excludes halogenated alkanes) is 2. The van der Waals surface area contributed by atoms with E-state index in [4.69, 9.17) is 9.47 Å². The predicted molar refractivity (Wildman–Crippen MR) is 118 cm³/mol. The summed E-state index contributed by atoms with van der Waals surface area (Å²) in [5.41, 5.74) is 2.54. The average Bonchev–Trinajstić information content (AvgIpc) is 3.23. The lowest BCUT2D eigenvalue weighted by atomic mass is 10.2. The van der Waals surface area contributed by atoms with Gasteiger partial charge in [-0.15, -0.1) is 0 Å². The predicted octanol–water partition coefficient (Wildman–Crippen LogP) is 4.42. The van der Waals surface area contributed by atoms with Gasteiger partial charge in [0.2, 0.25) is 0 Å². The summed E-state index contributed by atoms with van der Waals surface area (Å²) in [7, 11) is 0. The molecular formula is C23H24N2O3S. The van der Waals surface area contributed by atoms with E-state index in [1.54, 1.807) is 4.40 Å². The summed E-state index contributed by atoms with van der Waals surface area (Å²) in [6, 6.07) is 13.5. The number of rotatable bonds is 8. The maximum absolute atomic E-state index is 12.9. The molecule has 0 saturated carbocycles. The number of imidazole rings is 1. The van der Waals surface area contributed by atoms with Crippen LogP contribution in [0, 0.1) is 0 Å². The van der Waals surface area contributed by atoms with Crippen molar-refractivity contribution in [1.82, 2.24) is 9.38 Å². The van der Waals surface area contributed by atoms with Gasteiger partial charge in [-0.2, -0.15) is 0 Å². The van der Waals surface area contributed by atoms with E-state index >= 15 is 0 Å². The van der Waals surface area contributed by atoms with Gasteiger partial charge in [0.25, 0.3) is 5.56 Å². The largest absolute Gasteiger partial charge is 0.490 e. The summed E-state index contributed by atoms with van der Waals surface area (Å²) in [6.07, 6.45) is 5.22. The van der Waals surface area contributed by atoms with E-state index in [1.807, 2.05) is 55.5 Å². The van der Waals surface area contributed by atoms with Gasteiger partial charge in [0.15, 0.2) is 16.5 Å². The Morgan fingerprint density at radius 3 is 2.76 bits per heavy atom. The van der Waals surface area contributed by atoms with Crippen LogP contribution < -0.4 is 19.6 Å². The molecular weight excluding hydrogens is 384 g/mol. The third kappa shape index (κ3) is 3.98. The van der Waals surface area contributed by atoms with Gasteiger partial charge >= 0.3 is 0 Å². The monoisotopic (exact) mass is 408 g/mol. The third-order valence-corrected chi connectivity index (χ3v) is 5.68. The minimum Gasteiger partial charge on any atom is -0.490 e. The number of hydrogen-bond acceptors (Lipinski definition) is 5. The summed E-state index contributed by atoms with van der Waals surface area (Å²) >= 11 is 1.40. The van der Waals surface area contributed by atoms with Crippen LogP contribution in [0.2, 0.25) is 0 Å². The van der Waals surface area contributed by atoms with E-state index in [0.29, 0.717) is 28.5 Å². The summed E-state index contributed by atoms with van der Waals surface area (Å²) < 4.78 is 14.0. The molecule has 150 valence electrons. The maximum atomic E-state index is 12.9. The molecule has 0 aliphatic carbocycles. The van der Waals surface area contributed by atoms with Crippen molar-refractivity contribution in [2.45, 2.75) is 33.1 Å². The Morgan fingerprint density at radius 2 is 1.93 bits per heavy atom. The van der Waals surface area contributed by atoms with Gasteiger partial charge in [-0.05, 0) is 49.2 Å². The van der Waals surface area contributed by atoms with Crippen LogP contribution in [-0.2, 0) is 0 Å². The lowest BCUT2D eigenvalue weighted by Crippen LogP contribution is -2.22. The summed E-state index contributed by atoms with van der Waals surface area (Å²) in [6.45, 7) is 5.36. The van der Waals surface area contributed by atoms with Crippen molar-refractivity contribution in [3.8, 4) is 11.5 Å². The van der Waals surface area contributed by atoms with Gasteiger partial charge in [-0.25, -0.2) is 9.38 Å². The fraction of sp³-hybridized carbons (Fsp3) is 0.304. The zero-order valence-corrected chi connectivity index (χ0v) is 17.5. The highest BCUT2D eigenvalue weighted by atomic mass is 32.1. The van der Waals surface area contributed by atoms with Crippen molar-refractivity contribution < 1.29 is 9.47 Å². The summed E-state index contributed by atoms with van der Waals surface area (Å²) in [5, 5.41) is 0. The van der Waals surface area contributed by atoms with Crippen molar-refractivity contribution in [2.75, 3.05) is 13.2 Å². The van der Waals surface area contributed by atoms with Gasteiger partial charge in [-0.1, -0.05) is 49.3 Å². The number of fused-ring (bicyclic) bond motifs is 3. The Kier molecular flexibility index (Phi) is 5.81. The molecule has 4 aromatic rings. The van der Waals surface area contributed by atoms with Crippen LogP contribution in [0.25, 0.3) is 22.1 Å². The molecule has 0 unspecified atom stereocenters. The Hall–Kier alpha value is -2.86. The zero-order valence-electron chi connectivity index (χ0n) is 16.7. The van der Waals surface area contributed by atoms with Crippen molar-refractivity contribution in [2.24, 2.45) is 0 Å². The maximum Gasteiger partial charge on any atom is 0.274 e. The number of nitrogens with zero attached hydrogens (tertiary/aromatic N) is 2. The number of para-hydroxylation sites is 2. The first kappa shape index (κ1) is 19.5. The standard InChI is InChI=1S/C23H24N2O3S/c1-3-5-8-13-28-19-12-11-16(14-20(19)27-4-2)15-21-22(26)25-18-10-7-6-9-17(18)24-23(25)29-21/h6-7,9-12,14-15H,3-5,8,13H2,1-2H3/b21-15-. The highest BCUT2D eigenvalue weighted by Crippen LogP contribution is 2.29. The van der Waals surface area contributed by atoms with Gasteiger partial charge in [0.05, 0.1) is 28.8 Å². The molecule has 6 heteroatoms. The molecule has 0 aliphatic heterocycles. The molecule has 0 amide bonds. The van der Waals surface area contributed by atoms with E-state index in [-0.39, 0.29) is 5.56 Å². The van der Waals surface area contributed by atoms with Crippen LogP contribution in [0.5, 0.6) is 11.5 Å². The Labute approximate surface area is 173 Å². The van der Waals surface area contributed by atoms with Crippen LogP contribution in [0.3, 0.4) is 0 Å². The highest BCUT2D eigenvalue weighted by molar-refractivity contribution is 7.15. The molecule has 0 N–H and O–H groups in total. The zero-order chi connectivity index (χ0) is 20.2. The normalized spacial score (nSPS) is 12.1. The minimum atomic E-state index is -0.0449. The highest BCUT2D eigenvalue weighted by Gasteiger charge is 2.11. The molecule has 2 aromatic heterocycles. The first-order chi connectivity index (χ1) is 14.2. The van der Waals surface area contributed by atoms with Gasteiger partial charge in [-0.3, -0.25) is 4.79 Å². The van der Waals surface area contributed by atoms with Crippen molar-refractivity contribution in [1.29, 1.82) is 0 Å². The van der Waals surface area contributed by atoms with Gasteiger partial charge < -0.3 is 9.47 Å². The Bertz CT molecular complexity index is 1240. The molecule has 5 nitrogen and oxygen atoms in total. The SMILES string of the molecule is CCCCCOc1ccc(/C=c2\sc3nc4ccccc4n3c2=O)cc1OCC. The summed E-state index contributed by atoms with van der Waals surface area (Å²) in [4.78, 5) is 18.2. The minimum absolute atomic E-state index is 0.0449. The fourth-order valence-corrected chi connectivity index (χ4v) is 4.29. The van der Waals surface area contributed by atoms with Crippen LogP contribution in [-0.4, -0.2) is 22.6 Å². The number of ether oxygens (including phenoxy) is 2. The molecule has 0 spiro atoms. The van der Waals surface area contributed by atoms with Crippen LogP contribution in [0.1, 0.15) is 38.7 Å². The molecule has 0 radical (unpaired) electrons. The number of hydrogen-bond donors (Lipinski definition) is 0. The van der Waals surface area contributed by atoms with Gasteiger partial charge in [0.1, 0.15) is 0 Å². The number of thiazole rings is 1. The number of benzene rings is 2. The van der Waals surface area contributed by atoms with E-state index < -0.39 is 0 Å². The molecule has 0 bridgehead atoms. The van der Waals surface area contributed by atoms with E-state index in [0.717, 1.165) is 41.6 Å². The first-order valence-corrected chi connectivity index (χ1v) is 10.8. The number of aromatic nitrogens is 2. The van der Waals surface area contributed by atoms with Crippen molar-refractivity contribution >= 4 is 33.4 Å². The third-order valence-electron chi connectivity index (χ3n) is 4.72. The molecule has 4 rings (SSSR count). The molecule has 2 aromatic carbocycles. The second kappa shape index (κ2) is 8.66. The quantitative estimate of drug-likeness (QED) is 0.405. The topological polar surface area (TPSA) is 52.8 Å².